The number of methoxy groups -OCH3 is 2. The number of piperidine rings is 1. The summed E-state index contributed by atoms with van der Waals surface area (Å²) in [7, 11) is 3.00. The third-order valence-electron chi connectivity index (χ3n) is 9.04. The number of nitrogen functional groups attached to an aromatic ring is 2. The molecule has 4 N–H and O–H groups in total. The first kappa shape index (κ1) is 37.1. The number of fused-ring (bicyclic) bond motifs is 2. The zero-order chi connectivity index (χ0) is 37.9. The normalized spacial score (nSPS) is 14.6. The van der Waals surface area contributed by atoms with Gasteiger partial charge < -0.3 is 35.5 Å². The van der Waals surface area contributed by atoms with E-state index in [0.717, 1.165) is 25.9 Å². The summed E-state index contributed by atoms with van der Waals surface area (Å²) in [6.07, 6.45) is 6.65. The van der Waals surface area contributed by atoms with Crippen LogP contribution in [0.25, 0.3) is 44.3 Å². The van der Waals surface area contributed by atoms with E-state index in [0.29, 0.717) is 110 Å². The van der Waals surface area contributed by atoms with Crippen molar-refractivity contribution in [1.29, 1.82) is 0 Å². The molecule has 2 fully saturated rings. The Morgan fingerprint density at radius 3 is 1.72 bits per heavy atom. The number of rotatable bonds is 6. The number of hydrogen-bond acceptors (Lipinski definition) is 13. The molecule has 8 rings (SSSR count). The fourth-order valence-corrected chi connectivity index (χ4v) is 7.18. The van der Waals surface area contributed by atoms with Crippen molar-refractivity contribution in [2.24, 2.45) is 0 Å². The van der Waals surface area contributed by atoms with Crippen molar-refractivity contribution in [1.82, 2.24) is 29.9 Å². The first-order chi connectivity index (χ1) is 26.1. The van der Waals surface area contributed by atoms with Crippen molar-refractivity contribution in [3.63, 3.8) is 0 Å². The van der Waals surface area contributed by atoms with E-state index in [-0.39, 0.29) is 10.8 Å². The van der Waals surface area contributed by atoms with Gasteiger partial charge in [-0.2, -0.15) is 0 Å². The number of nitrogens with zero attached hydrogens (tertiary/aromatic N) is 8. The minimum Gasteiger partial charge on any atom is -0.480 e. The second-order valence-corrected chi connectivity index (χ2v) is 13.9. The number of halogens is 4. The van der Waals surface area contributed by atoms with E-state index in [1.54, 1.807) is 24.5 Å². The zero-order valence-corrected chi connectivity index (χ0v) is 31.8. The van der Waals surface area contributed by atoms with E-state index in [4.69, 9.17) is 47.2 Å². The molecule has 4 aromatic heterocycles. The highest BCUT2D eigenvalue weighted by Gasteiger charge is 2.22. The molecule has 2 aliphatic heterocycles. The smallest absolute Gasteiger partial charge is 0.236 e. The van der Waals surface area contributed by atoms with Gasteiger partial charge in [-0.05, 0) is 71.6 Å². The van der Waals surface area contributed by atoms with Gasteiger partial charge in [-0.25, -0.2) is 38.7 Å². The molecule has 0 bridgehead atoms. The summed E-state index contributed by atoms with van der Waals surface area (Å²) in [5.74, 6) is 0.975. The minimum absolute atomic E-state index is 0.220. The molecule has 0 unspecified atom stereocenters. The Labute approximate surface area is 322 Å². The summed E-state index contributed by atoms with van der Waals surface area (Å²) in [4.78, 5) is 31.3. The van der Waals surface area contributed by atoms with Crippen molar-refractivity contribution in [3.05, 3.63) is 69.9 Å². The number of morpholine rings is 1. The summed E-state index contributed by atoms with van der Waals surface area (Å²) in [6, 6.07) is 8.89. The second kappa shape index (κ2) is 16.0. The summed E-state index contributed by atoms with van der Waals surface area (Å²) in [5, 5.41) is 1.31. The largest absolute Gasteiger partial charge is 0.480 e. The quantitative estimate of drug-likeness (QED) is 0.175. The Morgan fingerprint density at radius 1 is 0.685 bits per heavy atom. The van der Waals surface area contributed by atoms with Crippen LogP contribution in [0.2, 0.25) is 5.02 Å². The number of anilines is 4. The van der Waals surface area contributed by atoms with Crippen LogP contribution >= 0.6 is 27.5 Å². The van der Waals surface area contributed by atoms with E-state index < -0.39 is 5.82 Å². The standard InChI is InChI=1S/C19H19BrFN5O.C18H17ClFN5O2/c1-27-18-15(22)7-11(10-23-18)16-13-8-12(21)9-14(20)17(13)25-19(24-16)26-5-3-2-4-6-26;1-26-17-14(21)6-10(9-22-17)15-12-7-11(20)8-13(19)16(12)24-18(23-15)25-2-4-27-5-3-25/h7-10H,2-6,22H2,1H3;6-9H,2-5,21H2,1H3. The monoisotopic (exact) mass is 820 g/mol. The predicted molar refractivity (Wildman–Crippen MR) is 209 cm³/mol. The molecule has 6 aromatic rings. The van der Waals surface area contributed by atoms with Crippen molar-refractivity contribution in [2.45, 2.75) is 19.3 Å². The summed E-state index contributed by atoms with van der Waals surface area (Å²) < 4.78 is 44.3. The van der Waals surface area contributed by atoms with Gasteiger partial charge in [0.15, 0.2) is 0 Å². The highest BCUT2D eigenvalue weighted by atomic mass is 79.9. The molecule has 2 saturated heterocycles. The first-order valence-corrected chi connectivity index (χ1v) is 18.3. The Bertz CT molecular complexity index is 2180. The maximum Gasteiger partial charge on any atom is 0.236 e. The lowest BCUT2D eigenvalue weighted by atomic mass is 10.1. The van der Waals surface area contributed by atoms with Crippen LogP contribution in [-0.4, -0.2) is 83.5 Å². The van der Waals surface area contributed by atoms with E-state index >= 15 is 0 Å². The van der Waals surface area contributed by atoms with Crippen molar-refractivity contribution < 1.29 is 23.0 Å². The minimum atomic E-state index is -0.467. The molecule has 280 valence electrons. The molecule has 0 amide bonds. The molecular weight excluding hydrogens is 786 g/mol. The second-order valence-electron chi connectivity index (χ2n) is 12.6. The lowest BCUT2D eigenvalue weighted by molar-refractivity contribution is 0.122. The Kier molecular flexibility index (Phi) is 11.0. The lowest BCUT2D eigenvalue weighted by Gasteiger charge is -2.27. The number of aromatic nitrogens is 6. The Hall–Kier alpha value is -5.19. The van der Waals surface area contributed by atoms with E-state index in [9.17, 15) is 8.78 Å². The van der Waals surface area contributed by atoms with E-state index in [1.807, 2.05) is 4.90 Å². The fourth-order valence-electron chi connectivity index (χ4n) is 6.41. The van der Waals surface area contributed by atoms with Gasteiger partial charge in [-0.1, -0.05) is 11.6 Å². The lowest BCUT2D eigenvalue weighted by Crippen LogP contribution is -2.37. The Morgan fingerprint density at radius 2 is 1.19 bits per heavy atom. The van der Waals surface area contributed by atoms with Crippen LogP contribution in [0.3, 0.4) is 0 Å². The van der Waals surface area contributed by atoms with Crippen molar-refractivity contribution in [2.75, 3.05) is 74.9 Å². The van der Waals surface area contributed by atoms with Crippen LogP contribution in [0.1, 0.15) is 19.3 Å². The van der Waals surface area contributed by atoms with E-state index in [1.165, 1.54) is 44.9 Å². The molecule has 2 aromatic carbocycles. The number of ether oxygens (including phenoxy) is 3. The maximum absolute atomic E-state index is 14.1. The van der Waals surface area contributed by atoms with Gasteiger partial charge in [0.2, 0.25) is 23.7 Å². The van der Waals surface area contributed by atoms with Crippen molar-refractivity contribution >= 4 is 72.6 Å². The van der Waals surface area contributed by atoms with Crippen LogP contribution in [-0.2, 0) is 4.74 Å². The maximum atomic E-state index is 14.1. The van der Waals surface area contributed by atoms with Crippen molar-refractivity contribution in [3.8, 4) is 34.3 Å². The number of hydrogen-bond donors (Lipinski definition) is 2. The highest BCUT2D eigenvalue weighted by Crippen LogP contribution is 2.36. The zero-order valence-electron chi connectivity index (χ0n) is 29.5. The van der Waals surface area contributed by atoms with Gasteiger partial charge in [-0.3, -0.25) is 0 Å². The topological polar surface area (TPSA) is 164 Å². The van der Waals surface area contributed by atoms with Crippen LogP contribution in [0.15, 0.2) is 53.3 Å². The van der Waals surface area contributed by atoms with Gasteiger partial charge >= 0.3 is 0 Å². The molecule has 6 heterocycles. The number of pyridine rings is 2. The first-order valence-electron chi connectivity index (χ1n) is 17.1. The molecule has 13 nitrogen and oxygen atoms in total. The summed E-state index contributed by atoms with van der Waals surface area (Å²) in [5.41, 5.74) is 16.3. The summed E-state index contributed by atoms with van der Waals surface area (Å²) >= 11 is 9.72. The molecule has 0 radical (unpaired) electrons. The van der Waals surface area contributed by atoms with Gasteiger partial charge in [0.1, 0.15) is 11.6 Å². The molecule has 0 saturated carbocycles. The average Bonchev–Trinajstić information content (AvgIpc) is 3.18. The number of benzene rings is 2. The van der Waals surface area contributed by atoms with E-state index in [2.05, 4.69) is 40.8 Å². The Balaban J connectivity index is 0.000000167. The SMILES string of the molecule is COc1ncc(-c2nc(N3CCCCC3)nc3c(Br)cc(F)cc23)cc1N.COc1ncc(-c2nc(N3CCOCC3)nc3c(Cl)cc(F)cc23)cc1N. The molecule has 0 spiro atoms. The summed E-state index contributed by atoms with van der Waals surface area (Å²) in [6.45, 7) is 4.31. The predicted octanol–water partition coefficient (Wildman–Crippen LogP) is 7.09. The van der Waals surface area contributed by atoms with Gasteiger partial charge in [-0.15, -0.1) is 0 Å². The van der Waals surface area contributed by atoms with Gasteiger partial charge in [0, 0.05) is 64.9 Å². The van der Waals surface area contributed by atoms with Crippen LogP contribution in [0.4, 0.5) is 32.1 Å². The molecular formula is C37H36BrClF2N10O3. The van der Waals surface area contributed by atoms with Crippen LogP contribution in [0.5, 0.6) is 11.8 Å². The molecule has 0 atom stereocenters. The highest BCUT2D eigenvalue weighted by molar-refractivity contribution is 9.10. The van der Waals surface area contributed by atoms with Gasteiger partial charge in [0.05, 0.1) is 66.3 Å². The average molecular weight is 822 g/mol. The number of nitrogens with two attached hydrogens (primary N) is 2. The van der Waals surface area contributed by atoms with Crippen LogP contribution < -0.4 is 30.7 Å². The third kappa shape index (κ3) is 7.72. The van der Waals surface area contributed by atoms with Crippen LogP contribution in [0, 0.1) is 11.6 Å². The molecule has 54 heavy (non-hydrogen) atoms. The third-order valence-corrected chi connectivity index (χ3v) is 9.93. The molecule has 17 heteroatoms. The molecule has 0 aliphatic carbocycles. The molecule has 2 aliphatic rings. The van der Waals surface area contributed by atoms with Gasteiger partial charge in [0.25, 0.3) is 0 Å². The fraction of sp³-hybridized carbons (Fsp3) is 0.297.